The summed E-state index contributed by atoms with van der Waals surface area (Å²) in [6, 6.07) is 11.3. The first-order valence-electron chi connectivity index (χ1n) is 10.2. The summed E-state index contributed by atoms with van der Waals surface area (Å²) in [7, 11) is 1.64. The van der Waals surface area contributed by atoms with Gasteiger partial charge < -0.3 is 19.9 Å². The molecule has 0 fully saturated rings. The number of thioether (sulfide) groups is 1. The number of hydrogen-bond acceptors (Lipinski definition) is 6. The topological polar surface area (TPSA) is 98.1 Å². The third kappa shape index (κ3) is 6.98. The molecule has 0 aliphatic rings. The molecule has 0 aliphatic carbocycles. The lowest BCUT2D eigenvalue weighted by atomic mass is 10.2. The van der Waals surface area contributed by atoms with Crippen LogP contribution in [0.2, 0.25) is 0 Å². The predicted octanol–water partition coefficient (Wildman–Crippen LogP) is 4.14. The molecule has 0 unspecified atom stereocenters. The maximum Gasteiger partial charge on any atom is 0.416 e. The van der Waals surface area contributed by atoms with E-state index in [-0.39, 0.29) is 23.8 Å². The van der Waals surface area contributed by atoms with Crippen LogP contribution >= 0.6 is 11.8 Å². The molecule has 2 aromatic carbocycles. The molecule has 34 heavy (non-hydrogen) atoms. The van der Waals surface area contributed by atoms with E-state index in [0.29, 0.717) is 29.0 Å². The Hall–Kier alpha value is -3.54. The molecular weight excluding hydrogens is 471 g/mol. The van der Waals surface area contributed by atoms with E-state index in [1.54, 1.807) is 35.9 Å². The average molecular weight is 494 g/mol. The van der Waals surface area contributed by atoms with Crippen molar-refractivity contribution in [3.8, 4) is 5.75 Å². The molecule has 1 heterocycles. The van der Waals surface area contributed by atoms with Crippen molar-refractivity contribution < 1.29 is 27.5 Å². The summed E-state index contributed by atoms with van der Waals surface area (Å²) in [5.74, 6) is 0.286. The molecular formula is C22H22F3N5O3S. The normalized spacial score (nSPS) is 11.2. The van der Waals surface area contributed by atoms with Gasteiger partial charge in [0.05, 0.1) is 24.3 Å². The van der Waals surface area contributed by atoms with E-state index in [1.807, 2.05) is 6.92 Å². The number of amides is 2. The van der Waals surface area contributed by atoms with Crippen LogP contribution in [0.3, 0.4) is 0 Å². The van der Waals surface area contributed by atoms with Crippen LogP contribution in [0.25, 0.3) is 0 Å². The van der Waals surface area contributed by atoms with Gasteiger partial charge in [0.2, 0.25) is 11.8 Å². The van der Waals surface area contributed by atoms with Gasteiger partial charge in [-0.3, -0.25) is 9.59 Å². The SMILES string of the molecule is CCOc1ccc(NC(=O)CSc2nnc(CC(=O)Nc3cccc(C(F)(F)F)c3)n2C)cc1. The van der Waals surface area contributed by atoms with Crippen LogP contribution in [0, 0.1) is 0 Å². The molecule has 0 aliphatic heterocycles. The molecule has 0 saturated carbocycles. The number of rotatable bonds is 9. The fourth-order valence-corrected chi connectivity index (χ4v) is 3.61. The number of halogens is 3. The van der Waals surface area contributed by atoms with Crippen molar-refractivity contribution in [3.05, 3.63) is 59.9 Å². The number of aromatic nitrogens is 3. The van der Waals surface area contributed by atoms with Crippen molar-refractivity contribution in [2.75, 3.05) is 23.0 Å². The lowest BCUT2D eigenvalue weighted by molar-refractivity contribution is -0.137. The highest BCUT2D eigenvalue weighted by molar-refractivity contribution is 7.99. The molecule has 0 atom stereocenters. The summed E-state index contributed by atoms with van der Waals surface area (Å²) < 4.78 is 45.4. The Morgan fingerprint density at radius 2 is 1.74 bits per heavy atom. The summed E-state index contributed by atoms with van der Waals surface area (Å²) in [5.41, 5.74) is -0.201. The second kappa shape index (κ2) is 11.1. The third-order valence-electron chi connectivity index (χ3n) is 4.50. The van der Waals surface area contributed by atoms with Crippen LogP contribution in [0.1, 0.15) is 18.3 Å². The minimum Gasteiger partial charge on any atom is -0.494 e. The van der Waals surface area contributed by atoms with Crippen LogP contribution in [-0.4, -0.2) is 38.9 Å². The van der Waals surface area contributed by atoms with Gasteiger partial charge in [-0.1, -0.05) is 17.8 Å². The second-order valence-corrected chi connectivity index (χ2v) is 8.00. The number of hydrogen-bond donors (Lipinski definition) is 2. The van der Waals surface area contributed by atoms with Gasteiger partial charge in [-0.05, 0) is 49.4 Å². The van der Waals surface area contributed by atoms with Crippen molar-refractivity contribution >= 4 is 35.0 Å². The van der Waals surface area contributed by atoms with Gasteiger partial charge in [0.15, 0.2) is 5.16 Å². The first-order valence-corrected chi connectivity index (χ1v) is 11.1. The van der Waals surface area contributed by atoms with Gasteiger partial charge >= 0.3 is 6.18 Å². The fourth-order valence-electron chi connectivity index (χ4n) is 2.88. The molecule has 1 aromatic heterocycles. The van der Waals surface area contributed by atoms with Gasteiger partial charge in [0.1, 0.15) is 11.6 Å². The Labute approximate surface area is 197 Å². The lowest BCUT2D eigenvalue weighted by Gasteiger charge is -2.10. The van der Waals surface area contributed by atoms with Crippen molar-refractivity contribution in [2.45, 2.75) is 24.7 Å². The Kier molecular flexibility index (Phi) is 8.16. The van der Waals surface area contributed by atoms with Crippen LogP contribution < -0.4 is 15.4 Å². The molecule has 8 nitrogen and oxygen atoms in total. The smallest absolute Gasteiger partial charge is 0.416 e. The Balaban J connectivity index is 1.52. The molecule has 0 saturated heterocycles. The van der Waals surface area contributed by atoms with Crippen LogP contribution in [-0.2, 0) is 29.2 Å². The van der Waals surface area contributed by atoms with Crippen LogP contribution in [0.5, 0.6) is 5.75 Å². The summed E-state index contributed by atoms with van der Waals surface area (Å²) in [6.07, 6.45) is -4.70. The summed E-state index contributed by atoms with van der Waals surface area (Å²) >= 11 is 1.14. The maximum absolute atomic E-state index is 12.8. The maximum atomic E-state index is 12.8. The zero-order chi connectivity index (χ0) is 24.7. The van der Waals surface area contributed by atoms with E-state index >= 15 is 0 Å². The zero-order valence-electron chi connectivity index (χ0n) is 18.3. The molecule has 3 rings (SSSR count). The van der Waals surface area contributed by atoms with Gasteiger partial charge in [-0.2, -0.15) is 13.2 Å². The summed E-state index contributed by atoms with van der Waals surface area (Å²) in [4.78, 5) is 24.5. The Bertz CT molecular complexity index is 1150. The van der Waals surface area contributed by atoms with Crippen molar-refractivity contribution in [1.82, 2.24) is 14.8 Å². The fraction of sp³-hybridized carbons (Fsp3) is 0.273. The zero-order valence-corrected chi connectivity index (χ0v) is 19.2. The molecule has 2 amide bonds. The molecule has 0 bridgehead atoms. The summed E-state index contributed by atoms with van der Waals surface area (Å²) in [6.45, 7) is 2.43. The third-order valence-corrected chi connectivity index (χ3v) is 5.52. The number of alkyl halides is 3. The van der Waals surface area contributed by atoms with E-state index < -0.39 is 17.6 Å². The number of anilines is 2. The lowest BCUT2D eigenvalue weighted by Crippen LogP contribution is -2.18. The van der Waals surface area contributed by atoms with Gasteiger partial charge in [0, 0.05) is 18.4 Å². The van der Waals surface area contributed by atoms with Gasteiger partial charge in [-0.25, -0.2) is 0 Å². The first kappa shape index (κ1) is 25.1. The molecule has 180 valence electrons. The molecule has 3 aromatic rings. The predicted molar refractivity (Wildman–Crippen MR) is 122 cm³/mol. The van der Waals surface area contributed by atoms with Crippen LogP contribution in [0.4, 0.5) is 24.5 Å². The molecule has 12 heteroatoms. The number of benzene rings is 2. The highest BCUT2D eigenvalue weighted by Crippen LogP contribution is 2.30. The number of carbonyl (C=O) groups is 2. The Morgan fingerprint density at radius 1 is 1.03 bits per heavy atom. The van der Waals surface area contributed by atoms with Crippen LogP contribution in [0.15, 0.2) is 53.7 Å². The highest BCUT2D eigenvalue weighted by Gasteiger charge is 2.30. The molecule has 2 N–H and O–H groups in total. The monoisotopic (exact) mass is 493 g/mol. The van der Waals surface area contributed by atoms with Gasteiger partial charge in [0.25, 0.3) is 0 Å². The largest absolute Gasteiger partial charge is 0.494 e. The number of ether oxygens (including phenoxy) is 1. The molecule has 0 radical (unpaired) electrons. The quantitative estimate of drug-likeness (QED) is 0.435. The number of carbonyl (C=O) groups excluding carboxylic acids is 2. The van der Waals surface area contributed by atoms with E-state index in [2.05, 4.69) is 20.8 Å². The van der Waals surface area contributed by atoms with Crippen molar-refractivity contribution in [1.29, 1.82) is 0 Å². The van der Waals surface area contributed by atoms with Gasteiger partial charge in [-0.15, -0.1) is 10.2 Å². The number of nitrogens with zero attached hydrogens (tertiary/aromatic N) is 3. The summed E-state index contributed by atoms with van der Waals surface area (Å²) in [5, 5.41) is 13.5. The van der Waals surface area contributed by atoms with Crippen molar-refractivity contribution in [3.63, 3.8) is 0 Å². The van der Waals surface area contributed by atoms with E-state index in [9.17, 15) is 22.8 Å². The van der Waals surface area contributed by atoms with E-state index in [0.717, 1.165) is 23.9 Å². The van der Waals surface area contributed by atoms with Crippen molar-refractivity contribution in [2.24, 2.45) is 7.05 Å². The molecule has 0 spiro atoms. The van der Waals surface area contributed by atoms with E-state index in [4.69, 9.17) is 4.74 Å². The second-order valence-electron chi connectivity index (χ2n) is 7.06. The Morgan fingerprint density at radius 3 is 2.41 bits per heavy atom. The van der Waals surface area contributed by atoms with E-state index in [1.165, 1.54) is 12.1 Å². The minimum absolute atomic E-state index is 0.0301. The number of nitrogens with one attached hydrogen (secondary N) is 2. The minimum atomic E-state index is -4.50. The average Bonchev–Trinajstić information content (AvgIpc) is 3.12. The first-order chi connectivity index (χ1) is 16.2. The standard InChI is InChI=1S/C22H22F3N5O3S/c1-3-33-17-9-7-15(8-10-17)26-20(32)13-34-21-29-28-18(30(21)2)12-19(31)27-16-6-4-5-14(11-16)22(23,24)25/h4-11H,3,12-13H2,1-2H3,(H,26,32)(H,27,31). The highest BCUT2D eigenvalue weighted by atomic mass is 32.2.